The molecule has 20 heavy (non-hydrogen) atoms. The number of amides is 2. The number of nitrogens with two attached hydrogens (primary N) is 1. The maximum Gasteiger partial charge on any atom is 0.251 e. The Morgan fingerprint density at radius 2 is 1.90 bits per heavy atom. The van der Waals surface area contributed by atoms with Crippen LogP contribution in [0.5, 0.6) is 0 Å². The molecule has 108 valence electrons. The Kier molecular flexibility index (Phi) is 4.81. The fraction of sp³-hybridized carbons (Fsp3) is 0.467. The van der Waals surface area contributed by atoms with Crippen LogP contribution in [-0.4, -0.2) is 17.9 Å². The minimum absolute atomic E-state index is 0.0317. The summed E-state index contributed by atoms with van der Waals surface area (Å²) in [5, 5.41) is 3.05. The highest BCUT2D eigenvalue weighted by molar-refractivity contribution is 9.10. The third-order valence-corrected chi connectivity index (χ3v) is 4.84. The number of halogens is 1. The number of benzene rings is 1. The summed E-state index contributed by atoms with van der Waals surface area (Å²) in [5.41, 5.74) is 6.94. The number of rotatable bonds is 3. The van der Waals surface area contributed by atoms with Gasteiger partial charge in [0.1, 0.15) is 0 Å². The predicted octanol–water partition coefficient (Wildman–Crippen LogP) is 2.53. The first-order valence-corrected chi connectivity index (χ1v) is 7.63. The number of carbonyl (C=O) groups is 2. The number of primary amides is 1. The van der Waals surface area contributed by atoms with Crippen molar-refractivity contribution in [2.24, 2.45) is 11.7 Å². The average Bonchev–Trinajstić information content (AvgIpc) is 2.42. The summed E-state index contributed by atoms with van der Waals surface area (Å²) in [7, 11) is 0. The van der Waals surface area contributed by atoms with E-state index in [1.165, 1.54) is 0 Å². The van der Waals surface area contributed by atoms with Crippen molar-refractivity contribution in [1.82, 2.24) is 5.32 Å². The van der Waals surface area contributed by atoms with Gasteiger partial charge in [0.25, 0.3) is 5.91 Å². The molecule has 4 nitrogen and oxygen atoms in total. The van der Waals surface area contributed by atoms with Crippen molar-refractivity contribution < 1.29 is 9.59 Å². The Hall–Kier alpha value is -1.36. The van der Waals surface area contributed by atoms with E-state index in [1.54, 1.807) is 0 Å². The Morgan fingerprint density at radius 1 is 1.25 bits per heavy atom. The zero-order valence-corrected chi connectivity index (χ0v) is 13.1. The summed E-state index contributed by atoms with van der Waals surface area (Å²) in [6.45, 7) is 1.92. The third kappa shape index (κ3) is 3.39. The van der Waals surface area contributed by atoms with E-state index >= 15 is 0 Å². The van der Waals surface area contributed by atoms with Crippen LogP contribution in [0.1, 0.15) is 41.6 Å². The molecule has 1 fully saturated rings. The fourth-order valence-corrected chi connectivity index (χ4v) is 3.01. The van der Waals surface area contributed by atoms with Gasteiger partial charge < -0.3 is 11.1 Å². The fourth-order valence-electron chi connectivity index (χ4n) is 2.64. The van der Waals surface area contributed by atoms with Crippen LogP contribution in [0.3, 0.4) is 0 Å². The highest BCUT2D eigenvalue weighted by Gasteiger charge is 2.26. The van der Waals surface area contributed by atoms with Crippen molar-refractivity contribution in [1.29, 1.82) is 0 Å². The molecule has 2 rings (SSSR count). The van der Waals surface area contributed by atoms with Crippen molar-refractivity contribution in [3.63, 3.8) is 0 Å². The molecule has 0 bridgehead atoms. The zero-order chi connectivity index (χ0) is 14.7. The molecule has 3 N–H and O–H groups in total. The molecular weight excluding hydrogens is 320 g/mol. The van der Waals surface area contributed by atoms with Crippen molar-refractivity contribution in [3.8, 4) is 0 Å². The second-order valence-corrected chi connectivity index (χ2v) is 6.19. The molecule has 0 spiro atoms. The summed E-state index contributed by atoms with van der Waals surface area (Å²) in [4.78, 5) is 23.4. The number of carbonyl (C=O) groups excluding carboxylic acids is 2. The molecule has 0 unspecified atom stereocenters. The smallest absolute Gasteiger partial charge is 0.251 e. The van der Waals surface area contributed by atoms with E-state index in [2.05, 4.69) is 21.2 Å². The van der Waals surface area contributed by atoms with Gasteiger partial charge in [-0.1, -0.05) is 22.0 Å². The highest BCUT2D eigenvalue weighted by Crippen LogP contribution is 2.25. The molecule has 0 radical (unpaired) electrons. The van der Waals surface area contributed by atoms with E-state index in [0.717, 1.165) is 35.7 Å². The lowest BCUT2D eigenvalue weighted by Gasteiger charge is -2.27. The van der Waals surface area contributed by atoms with Crippen LogP contribution in [0.2, 0.25) is 0 Å². The Balaban J connectivity index is 1.96. The summed E-state index contributed by atoms with van der Waals surface area (Å²) in [6, 6.07) is 5.74. The van der Waals surface area contributed by atoms with E-state index in [0.29, 0.717) is 5.56 Å². The predicted molar refractivity (Wildman–Crippen MR) is 81.3 cm³/mol. The van der Waals surface area contributed by atoms with E-state index in [1.807, 2.05) is 25.1 Å². The van der Waals surface area contributed by atoms with E-state index in [4.69, 9.17) is 5.73 Å². The second kappa shape index (κ2) is 6.39. The van der Waals surface area contributed by atoms with Crippen LogP contribution in [0.15, 0.2) is 22.7 Å². The van der Waals surface area contributed by atoms with Crippen molar-refractivity contribution >= 4 is 27.7 Å². The summed E-state index contributed by atoms with van der Waals surface area (Å²) in [5.74, 6) is -0.306. The van der Waals surface area contributed by atoms with Crippen LogP contribution in [0.4, 0.5) is 0 Å². The SMILES string of the molecule is Cc1c(Br)cccc1C(=O)NC1CCC(C(N)=O)CC1. The van der Waals surface area contributed by atoms with Crippen molar-refractivity contribution in [3.05, 3.63) is 33.8 Å². The molecule has 1 aliphatic carbocycles. The van der Waals surface area contributed by atoms with Crippen LogP contribution in [-0.2, 0) is 4.79 Å². The summed E-state index contributed by atoms with van der Waals surface area (Å²) >= 11 is 3.43. The van der Waals surface area contributed by atoms with Gasteiger partial charge in [-0.2, -0.15) is 0 Å². The summed E-state index contributed by atoms with van der Waals surface area (Å²) < 4.78 is 0.933. The topological polar surface area (TPSA) is 72.2 Å². The largest absolute Gasteiger partial charge is 0.369 e. The lowest BCUT2D eigenvalue weighted by atomic mass is 9.85. The van der Waals surface area contributed by atoms with Crippen LogP contribution < -0.4 is 11.1 Å². The summed E-state index contributed by atoms with van der Waals surface area (Å²) in [6.07, 6.45) is 3.15. The van der Waals surface area contributed by atoms with Gasteiger partial charge in [0, 0.05) is 22.0 Å². The van der Waals surface area contributed by atoms with Gasteiger partial charge in [0.05, 0.1) is 0 Å². The number of nitrogens with one attached hydrogen (secondary N) is 1. The quantitative estimate of drug-likeness (QED) is 0.888. The minimum Gasteiger partial charge on any atom is -0.369 e. The Labute approximate surface area is 127 Å². The highest BCUT2D eigenvalue weighted by atomic mass is 79.9. The van der Waals surface area contributed by atoms with Gasteiger partial charge in [-0.05, 0) is 50.3 Å². The molecule has 2 amide bonds. The molecule has 1 aliphatic rings. The van der Waals surface area contributed by atoms with Crippen LogP contribution >= 0.6 is 15.9 Å². The normalized spacial score (nSPS) is 22.3. The van der Waals surface area contributed by atoms with E-state index in [-0.39, 0.29) is 23.8 Å². The van der Waals surface area contributed by atoms with Gasteiger partial charge >= 0.3 is 0 Å². The monoisotopic (exact) mass is 338 g/mol. The van der Waals surface area contributed by atoms with Gasteiger partial charge in [-0.3, -0.25) is 9.59 Å². The molecule has 0 heterocycles. The first-order chi connectivity index (χ1) is 9.49. The van der Waals surface area contributed by atoms with Crippen molar-refractivity contribution in [2.45, 2.75) is 38.6 Å². The van der Waals surface area contributed by atoms with Gasteiger partial charge in [-0.25, -0.2) is 0 Å². The lowest BCUT2D eigenvalue weighted by Crippen LogP contribution is -2.40. The third-order valence-electron chi connectivity index (χ3n) is 3.98. The molecule has 0 aromatic heterocycles. The molecule has 1 aromatic rings. The second-order valence-electron chi connectivity index (χ2n) is 5.34. The maximum atomic E-state index is 12.3. The first-order valence-electron chi connectivity index (χ1n) is 6.84. The van der Waals surface area contributed by atoms with E-state index < -0.39 is 0 Å². The number of hydrogen-bond donors (Lipinski definition) is 2. The van der Waals surface area contributed by atoms with Gasteiger partial charge in [0.15, 0.2) is 0 Å². The molecule has 0 atom stereocenters. The van der Waals surface area contributed by atoms with Crippen molar-refractivity contribution in [2.75, 3.05) is 0 Å². The standard InChI is InChI=1S/C15H19BrN2O2/c1-9-12(3-2-4-13(9)16)15(20)18-11-7-5-10(6-8-11)14(17)19/h2-4,10-11H,5-8H2,1H3,(H2,17,19)(H,18,20). The molecule has 5 heteroatoms. The van der Waals surface area contributed by atoms with Gasteiger partial charge in [0.2, 0.25) is 5.91 Å². The molecule has 0 saturated heterocycles. The maximum absolute atomic E-state index is 12.3. The molecular formula is C15H19BrN2O2. The number of hydrogen-bond acceptors (Lipinski definition) is 2. The van der Waals surface area contributed by atoms with E-state index in [9.17, 15) is 9.59 Å². The van der Waals surface area contributed by atoms with Crippen LogP contribution in [0, 0.1) is 12.8 Å². The van der Waals surface area contributed by atoms with Gasteiger partial charge in [-0.15, -0.1) is 0 Å². The molecule has 1 saturated carbocycles. The Bertz CT molecular complexity index is 523. The molecule has 0 aliphatic heterocycles. The van der Waals surface area contributed by atoms with Crippen LogP contribution in [0.25, 0.3) is 0 Å². The Morgan fingerprint density at radius 3 is 2.50 bits per heavy atom. The molecule has 1 aromatic carbocycles. The lowest BCUT2D eigenvalue weighted by molar-refractivity contribution is -0.122. The minimum atomic E-state index is -0.224. The zero-order valence-electron chi connectivity index (χ0n) is 11.5. The first kappa shape index (κ1) is 15.0. The average molecular weight is 339 g/mol.